The fraction of sp³-hybridized carbons (Fsp3) is 0.375. The Kier molecular flexibility index (Phi) is 2.35. The zero-order valence-electron chi connectivity index (χ0n) is 6.71. The third kappa shape index (κ3) is 1.46. The molecule has 60 valence electrons. The van der Waals surface area contributed by atoms with E-state index in [-0.39, 0.29) is 0 Å². The summed E-state index contributed by atoms with van der Waals surface area (Å²) in [4.78, 5) is 0. The summed E-state index contributed by atoms with van der Waals surface area (Å²) in [7, 11) is 0. The average Bonchev–Trinajstić information content (AvgIpc) is 2.30. The molecule has 0 saturated carbocycles. The van der Waals surface area contributed by atoms with E-state index in [4.69, 9.17) is 11.6 Å². The van der Waals surface area contributed by atoms with Gasteiger partial charge in [-0.2, -0.15) is 5.10 Å². The number of hydrogen-bond acceptors (Lipinski definition) is 1. The number of rotatable bonds is 2. The topological polar surface area (TPSA) is 17.8 Å². The van der Waals surface area contributed by atoms with Crippen molar-refractivity contribution in [1.82, 2.24) is 9.78 Å². The predicted molar refractivity (Wildman–Crippen MR) is 47.7 cm³/mol. The molecular formula is C8H11ClN2. The zero-order valence-corrected chi connectivity index (χ0v) is 7.47. The van der Waals surface area contributed by atoms with E-state index >= 15 is 0 Å². The van der Waals surface area contributed by atoms with Crippen molar-refractivity contribution in [2.75, 3.05) is 0 Å². The number of aromatic nitrogens is 2. The molecule has 0 saturated heterocycles. The van der Waals surface area contributed by atoms with Gasteiger partial charge in [0.1, 0.15) is 0 Å². The highest BCUT2D eigenvalue weighted by molar-refractivity contribution is 6.31. The Morgan fingerprint density at radius 1 is 1.73 bits per heavy atom. The van der Waals surface area contributed by atoms with Crippen molar-refractivity contribution in [1.29, 1.82) is 0 Å². The summed E-state index contributed by atoms with van der Waals surface area (Å²) in [6.07, 6.45) is 3.36. The summed E-state index contributed by atoms with van der Waals surface area (Å²) in [5, 5.41) is 4.76. The molecule has 0 amide bonds. The normalized spacial score (nSPS) is 10.5. The molecule has 0 unspecified atom stereocenters. The molecule has 0 aliphatic rings. The van der Waals surface area contributed by atoms with Crippen molar-refractivity contribution >= 4 is 17.7 Å². The van der Waals surface area contributed by atoms with Crippen LogP contribution in [0.25, 0.3) is 6.08 Å². The first-order valence-electron chi connectivity index (χ1n) is 3.52. The predicted octanol–water partition coefficient (Wildman–Crippen LogP) is 2.76. The Balaban J connectivity index is 3.15. The van der Waals surface area contributed by atoms with Gasteiger partial charge in [0.05, 0.1) is 16.9 Å². The van der Waals surface area contributed by atoms with E-state index in [1.165, 1.54) is 0 Å². The molecule has 0 fully saturated rings. The van der Waals surface area contributed by atoms with Gasteiger partial charge in [-0.1, -0.05) is 18.2 Å². The third-order valence-corrected chi connectivity index (χ3v) is 1.76. The molecule has 1 aromatic rings. The van der Waals surface area contributed by atoms with Gasteiger partial charge >= 0.3 is 0 Å². The Morgan fingerprint density at radius 3 is 2.73 bits per heavy atom. The van der Waals surface area contributed by atoms with Crippen molar-refractivity contribution in [3.63, 3.8) is 0 Å². The lowest BCUT2D eigenvalue weighted by molar-refractivity contribution is 0.528. The van der Waals surface area contributed by atoms with E-state index < -0.39 is 0 Å². The standard InChI is InChI=1S/C8H11ClN2/c1-4-8-7(9)5-10-11(8)6(2)3/h4-6H,1H2,2-3H3. The second-order valence-electron chi connectivity index (χ2n) is 2.62. The monoisotopic (exact) mass is 170 g/mol. The van der Waals surface area contributed by atoms with E-state index in [0.717, 1.165) is 5.69 Å². The third-order valence-electron chi connectivity index (χ3n) is 1.47. The maximum atomic E-state index is 5.83. The Morgan fingerprint density at radius 2 is 2.36 bits per heavy atom. The van der Waals surface area contributed by atoms with Crippen molar-refractivity contribution in [3.05, 3.63) is 23.5 Å². The second-order valence-corrected chi connectivity index (χ2v) is 3.03. The van der Waals surface area contributed by atoms with E-state index in [1.54, 1.807) is 12.3 Å². The number of halogens is 1. The van der Waals surface area contributed by atoms with Crippen molar-refractivity contribution in [2.24, 2.45) is 0 Å². The van der Waals surface area contributed by atoms with E-state index in [0.29, 0.717) is 11.1 Å². The van der Waals surface area contributed by atoms with Crippen LogP contribution in [-0.2, 0) is 0 Å². The largest absolute Gasteiger partial charge is 0.261 e. The van der Waals surface area contributed by atoms with Crippen molar-refractivity contribution < 1.29 is 0 Å². The molecule has 2 nitrogen and oxygen atoms in total. The second kappa shape index (κ2) is 3.09. The first-order chi connectivity index (χ1) is 5.16. The van der Waals surface area contributed by atoms with Crippen LogP contribution < -0.4 is 0 Å². The van der Waals surface area contributed by atoms with Crippen LogP contribution in [0.3, 0.4) is 0 Å². The Bertz CT molecular complexity index is 263. The molecule has 1 aromatic heterocycles. The first kappa shape index (κ1) is 8.34. The Labute approximate surface area is 71.5 Å². The summed E-state index contributed by atoms with van der Waals surface area (Å²) in [5.74, 6) is 0. The molecular weight excluding hydrogens is 160 g/mol. The lowest BCUT2D eigenvalue weighted by Crippen LogP contribution is -2.04. The van der Waals surface area contributed by atoms with Gasteiger partial charge < -0.3 is 0 Å². The van der Waals surface area contributed by atoms with Gasteiger partial charge in [-0.3, -0.25) is 4.68 Å². The minimum atomic E-state index is 0.329. The van der Waals surface area contributed by atoms with Crippen molar-refractivity contribution in [2.45, 2.75) is 19.9 Å². The van der Waals surface area contributed by atoms with Gasteiger partial charge in [-0.05, 0) is 19.9 Å². The molecule has 0 aromatic carbocycles. The number of hydrogen-bond donors (Lipinski definition) is 0. The molecule has 3 heteroatoms. The quantitative estimate of drug-likeness (QED) is 0.668. The molecule has 1 rings (SSSR count). The van der Waals surface area contributed by atoms with E-state index in [1.807, 2.05) is 4.68 Å². The van der Waals surface area contributed by atoms with Crippen molar-refractivity contribution in [3.8, 4) is 0 Å². The average molecular weight is 171 g/mol. The smallest absolute Gasteiger partial charge is 0.0859 e. The minimum Gasteiger partial charge on any atom is -0.261 e. The number of nitrogens with zero attached hydrogens (tertiary/aromatic N) is 2. The minimum absolute atomic E-state index is 0.329. The fourth-order valence-corrected chi connectivity index (χ4v) is 1.16. The molecule has 11 heavy (non-hydrogen) atoms. The van der Waals surface area contributed by atoms with E-state index in [2.05, 4.69) is 25.5 Å². The van der Waals surface area contributed by atoms with Gasteiger partial charge in [0.25, 0.3) is 0 Å². The summed E-state index contributed by atoms with van der Waals surface area (Å²) < 4.78 is 1.84. The fourth-order valence-electron chi connectivity index (χ4n) is 0.953. The summed E-state index contributed by atoms with van der Waals surface area (Å²) in [5.41, 5.74) is 0.890. The lowest BCUT2D eigenvalue weighted by atomic mass is 10.3. The van der Waals surface area contributed by atoms with Crippen LogP contribution in [0.1, 0.15) is 25.6 Å². The summed E-state index contributed by atoms with van der Waals surface area (Å²) in [6, 6.07) is 0.329. The molecule has 0 atom stereocenters. The first-order valence-corrected chi connectivity index (χ1v) is 3.90. The van der Waals surface area contributed by atoms with Gasteiger partial charge in [0.2, 0.25) is 0 Å². The zero-order chi connectivity index (χ0) is 8.43. The van der Waals surface area contributed by atoms with E-state index in [9.17, 15) is 0 Å². The molecule has 0 aliphatic heterocycles. The van der Waals surface area contributed by atoms with Gasteiger partial charge in [0.15, 0.2) is 0 Å². The highest BCUT2D eigenvalue weighted by atomic mass is 35.5. The molecule has 1 heterocycles. The maximum Gasteiger partial charge on any atom is 0.0859 e. The SMILES string of the molecule is C=Cc1c(Cl)cnn1C(C)C. The van der Waals surface area contributed by atoms with Crippen LogP contribution in [0.2, 0.25) is 5.02 Å². The highest BCUT2D eigenvalue weighted by Gasteiger charge is 2.06. The van der Waals surface area contributed by atoms with Crippen LogP contribution in [-0.4, -0.2) is 9.78 Å². The van der Waals surface area contributed by atoms with Crippen LogP contribution in [0.5, 0.6) is 0 Å². The van der Waals surface area contributed by atoms with Gasteiger partial charge in [-0.15, -0.1) is 0 Å². The molecule has 0 bridgehead atoms. The van der Waals surface area contributed by atoms with Crippen LogP contribution >= 0.6 is 11.6 Å². The summed E-state index contributed by atoms with van der Waals surface area (Å²) >= 11 is 5.83. The maximum absolute atomic E-state index is 5.83. The lowest BCUT2D eigenvalue weighted by Gasteiger charge is -2.07. The molecule has 0 aliphatic carbocycles. The van der Waals surface area contributed by atoms with Crippen LogP contribution in [0.4, 0.5) is 0 Å². The van der Waals surface area contributed by atoms with Gasteiger partial charge in [0, 0.05) is 6.04 Å². The molecule has 0 radical (unpaired) electrons. The summed E-state index contributed by atoms with van der Waals surface area (Å²) in [6.45, 7) is 7.77. The molecule has 0 spiro atoms. The van der Waals surface area contributed by atoms with Gasteiger partial charge in [-0.25, -0.2) is 0 Å². The van der Waals surface area contributed by atoms with Crippen LogP contribution in [0, 0.1) is 0 Å². The van der Waals surface area contributed by atoms with Crippen LogP contribution in [0.15, 0.2) is 12.8 Å². The highest BCUT2D eigenvalue weighted by Crippen LogP contribution is 2.19. The molecule has 0 N–H and O–H groups in total. The Hall–Kier alpha value is -0.760.